The quantitative estimate of drug-likeness (QED) is 0.704. The fourth-order valence-corrected chi connectivity index (χ4v) is 2.52. The van der Waals surface area contributed by atoms with Gasteiger partial charge >= 0.3 is 5.97 Å². The Kier molecular flexibility index (Phi) is 5.03. The van der Waals surface area contributed by atoms with Crippen LogP contribution in [-0.4, -0.2) is 24.1 Å². The van der Waals surface area contributed by atoms with Crippen LogP contribution in [0.25, 0.3) is 11.3 Å². The average molecular weight is 351 g/mol. The van der Waals surface area contributed by atoms with Gasteiger partial charge in [0.1, 0.15) is 11.5 Å². The molecule has 6 nitrogen and oxygen atoms in total. The highest BCUT2D eigenvalue weighted by Crippen LogP contribution is 2.26. The van der Waals surface area contributed by atoms with E-state index in [2.05, 4.69) is 5.32 Å². The van der Waals surface area contributed by atoms with Crippen LogP contribution in [-0.2, 0) is 11.2 Å². The Hall–Kier alpha value is -3.54. The number of carboxylic acids is 1. The van der Waals surface area contributed by atoms with E-state index in [0.29, 0.717) is 22.8 Å². The summed E-state index contributed by atoms with van der Waals surface area (Å²) in [7, 11) is 1.58. The molecular weight excluding hydrogens is 334 g/mol. The predicted molar refractivity (Wildman–Crippen MR) is 96.4 cm³/mol. The van der Waals surface area contributed by atoms with Crippen molar-refractivity contribution >= 4 is 17.6 Å². The van der Waals surface area contributed by atoms with Gasteiger partial charge in [-0.3, -0.25) is 9.59 Å². The number of amides is 1. The first-order valence-corrected chi connectivity index (χ1v) is 7.91. The van der Waals surface area contributed by atoms with Gasteiger partial charge < -0.3 is 19.6 Å². The highest BCUT2D eigenvalue weighted by atomic mass is 16.5. The van der Waals surface area contributed by atoms with Gasteiger partial charge in [-0.2, -0.15) is 0 Å². The predicted octanol–water partition coefficient (Wildman–Crippen LogP) is 3.83. The Labute approximate surface area is 150 Å². The lowest BCUT2D eigenvalue weighted by Gasteiger charge is -2.05. The maximum Gasteiger partial charge on any atom is 0.307 e. The Balaban J connectivity index is 1.75. The van der Waals surface area contributed by atoms with E-state index < -0.39 is 11.9 Å². The third-order valence-electron chi connectivity index (χ3n) is 3.72. The number of anilines is 1. The molecule has 0 aliphatic rings. The number of ether oxygens (including phenoxy) is 1. The molecule has 0 aliphatic carbocycles. The summed E-state index contributed by atoms with van der Waals surface area (Å²) in [5.41, 5.74) is 1.91. The van der Waals surface area contributed by atoms with Crippen molar-refractivity contribution in [3.8, 4) is 17.1 Å². The number of aliphatic carboxylic acids is 1. The first-order valence-electron chi connectivity index (χ1n) is 7.91. The molecule has 0 aliphatic heterocycles. The molecule has 0 bridgehead atoms. The van der Waals surface area contributed by atoms with Crippen LogP contribution in [0.2, 0.25) is 0 Å². The lowest BCUT2D eigenvalue weighted by molar-refractivity contribution is -0.136. The number of hydrogen-bond donors (Lipinski definition) is 2. The highest BCUT2D eigenvalue weighted by molar-refractivity contribution is 6.02. The van der Waals surface area contributed by atoms with Gasteiger partial charge in [-0.1, -0.05) is 24.3 Å². The molecule has 0 saturated carbocycles. The fraction of sp³-hybridized carbons (Fsp3) is 0.100. The molecule has 0 saturated heterocycles. The van der Waals surface area contributed by atoms with E-state index in [1.165, 1.54) is 0 Å². The van der Waals surface area contributed by atoms with E-state index in [-0.39, 0.29) is 12.2 Å². The van der Waals surface area contributed by atoms with Crippen LogP contribution in [0.4, 0.5) is 5.69 Å². The molecule has 2 N–H and O–H groups in total. The molecule has 6 heteroatoms. The zero-order chi connectivity index (χ0) is 18.5. The largest absolute Gasteiger partial charge is 0.497 e. The van der Waals surface area contributed by atoms with E-state index in [9.17, 15) is 9.59 Å². The second-order valence-corrected chi connectivity index (χ2v) is 5.62. The summed E-state index contributed by atoms with van der Waals surface area (Å²) in [4.78, 5) is 23.2. The molecule has 3 aromatic rings. The maximum atomic E-state index is 12.4. The van der Waals surface area contributed by atoms with Crippen molar-refractivity contribution in [2.45, 2.75) is 6.42 Å². The monoisotopic (exact) mass is 351 g/mol. The van der Waals surface area contributed by atoms with E-state index in [4.69, 9.17) is 14.3 Å². The minimum Gasteiger partial charge on any atom is -0.497 e. The summed E-state index contributed by atoms with van der Waals surface area (Å²) in [6.45, 7) is 0. The summed E-state index contributed by atoms with van der Waals surface area (Å²) in [5, 5.41) is 11.6. The van der Waals surface area contributed by atoms with Gasteiger partial charge in [0, 0.05) is 11.3 Å². The van der Waals surface area contributed by atoms with Crippen molar-refractivity contribution in [3.05, 3.63) is 72.0 Å². The molecule has 0 radical (unpaired) electrons. The minimum absolute atomic E-state index is 0.107. The van der Waals surface area contributed by atoms with Gasteiger partial charge in [0.05, 0.1) is 13.5 Å². The topological polar surface area (TPSA) is 88.8 Å². The number of carbonyl (C=O) groups is 2. The third kappa shape index (κ3) is 4.10. The second kappa shape index (κ2) is 7.57. The summed E-state index contributed by atoms with van der Waals surface area (Å²) >= 11 is 0. The van der Waals surface area contributed by atoms with Crippen molar-refractivity contribution in [1.29, 1.82) is 0 Å². The molecule has 1 heterocycles. The van der Waals surface area contributed by atoms with E-state index in [0.717, 1.165) is 5.56 Å². The van der Waals surface area contributed by atoms with Gasteiger partial charge in [-0.05, 0) is 42.0 Å². The number of furan rings is 1. The Morgan fingerprint density at radius 3 is 2.65 bits per heavy atom. The first kappa shape index (κ1) is 17.3. The molecule has 2 aromatic carbocycles. The number of carbonyl (C=O) groups excluding carboxylic acids is 1. The lowest BCUT2D eigenvalue weighted by Crippen LogP contribution is -2.11. The van der Waals surface area contributed by atoms with Gasteiger partial charge in [0.15, 0.2) is 5.76 Å². The van der Waals surface area contributed by atoms with Crippen LogP contribution in [0.15, 0.2) is 65.1 Å². The zero-order valence-electron chi connectivity index (χ0n) is 14.1. The van der Waals surface area contributed by atoms with Crippen LogP contribution in [0.3, 0.4) is 0 Å². The van der Waals surface area contributed by atoms with Crippen molar-refractivity contribution < 1.29 is 23.8 Å². The van der Waals surface area contributed by atoms with Crippen LogP contribution in [0, 0.1) is 0 Å². The summed E-state index contributed by atoms with van der Waals surface area (Å²) in [6.07, 6.45) is -0.107. The van der Waals surface area contributed by atoms with Crippen LogP contribution in [0.5, 0.6) is 5.75 Å². The molecule has 0 unspecified atom stereocenters. The normalized spacial score (nSPS) is 10.3. The van der Waals surface area contributed by atoms with Gasteiger partial charge in [-0.25, -0.2) is 0 Å². The Morgan fingerprint density at radius 1 is 1.08 bits per heavy atom. The van der Waals surface area contributed by atoms with Crippen molar-refractivity contribution in [3.63, 3.8) is 0 Å². The number of nitrogens with one attached hydrogen (secondary N) is 1. The zero-order valence-corrected chi connectivity index (χ0v) is 14.1. The average Bonchev–Trinajstić information content (AvgIpc) is 3.12. The molecule has 1 aromatic heterocycles. The summed E-state index contributed by atoms with van der Waals surface area (Å²) < 4.78 is 10.8. The van der Waals surface area contributed by atoms with E-state index in [1.807, 2.05) is 24.3 Å². The van der Waals surface area contributed by atoms with Crippen LogP contribution in [0.1, 0.15) is 16.1 Å². The number of hydrogen-bond acceptors (Lipinski definition) is 4. The van der Waals surface area contributed by atoms with Crippen LogP contribution < -0.4 is 10.1 Å². The minimum atomic E-state index is -0.928. The smallest absolute Gasteiger partial charge is 0.307 e. The number of carboxylic acid groups (broad SMARTS) is 1. The molecule has 132 valence electrons. The molecule has 0 fully saturated rings. The first-order chi connectivity index (χ1) is 12.5. The lowest BCUT2D eigenvalue weighted by atomic mass is 10.1. The fourth-order valence-electron chi connectivity index (χ4n) is 2.52. The van der Waals surface area contributed by atoms with Crippen molar-refractivity contribution in [2.24, 2.45) is 0 Å². The number of methoxy groups -OCH3 is 1. The van der Waals surface area contributed by atoms with Crippen molar-refractivity contribution in [1.82, 2.24) is 0 Å². The number of benzene rings is 2. The Bertz CT molecular complexity index is 945. The highest BCUT2D eigenvalue weighted by Gasteiger charge is 2.13. The van der Waals surface area contributed by atoms with E-state index in [1.54, 1.807) is 43.5 Å². The van der Waals surface area contributed by atoms with Gasteiger partial charge in [0.2, 0.25) is 0 Å². The summed E-state index contributed by atoms with van der Waals surface area (Å²) in [6, 6.07) is 17.3. The molecule has 26 heavy (non-hydrogen) atoms. The third-order valence-corrected chi connectivity index (χ3v) is 3.72. The van der Waals surface area contributed by atoms with Gasteiger partial charge in [-0.15, -0.1) is 0 Å². The maximum absolute atomic E-state index is 12.4. The SMILES string of the molecule is COc1cccc(-c2ccc(C(=O)Nc3cccc(CC(=O)O)c3)o2)c1. The van der Waals surface area contributed by atoms with Crippen molar-refractivity contribution in [2.75, 3.05) is 12.4 Å². The Morgan fingerprint density at radius 2 is 1.88 bits per heavy atom. The van der Waals surface area contributed by atoms with Crippen LogP contribution >= 0.6 is 0 Å². The summed E-state index contributed by atoms with van der Waals surface area (Å²) in [5.74, 6) is 0.0642. The molecule has 1 amide bonds. The van der Waals surface area contributed by atoms with Gasteiger partial charge in [0.25, 0.3) is 5.91 Å². The second-order valence-electron chi connectivity index (χ2n) is 5.62. The standard InChI is InChI=1S/C20H17NO5/c1-25-16-7-3-5-14(12-16)17-8-9-18(26-17)20(24)21-15-6-2-4-13(10-15)11-19(22)23/h2-10,12H,11H2,1H3,(H,21,24)(H,22,23). The molecule has 3 rings (SSSR count). The molecule has 0 atom stereocenters. The molecule has 0 spiro atoms. The number of rotatable bonds is 6. The molecular formula is C20H17NO5. The van der Waals surface area contributed by atoms with E-state index >= 15 is 0 Å².